The maximum absolute atomic E-state index is 11.6. The number of rotatable bonds is 2. The molecule has 0 fully saturated rings. The van der Waals surface area contributed by atoms with Gasteiger partial charge in [0.25, 0.3) is 5.91 Å². The summed E-state index contributed by atoms with van der Waals surface area (Å²) in [7, 11) is 1.32. The first-order chi connectivity index (χ1) is 8.11. The van der Waals surface area contributed by atoms with Crippen molar-refractivity contribution < 1.29 is 14.3 Å². The molecule has 1 aromatic carbocycles. The summed E-state index contributed by atoms with van der Waals surface area (Å²) in [5.41, 5.74) is 1.74. The highest BCUT2D eigenvalue weighted by atomic mass is 16.5. The van der Waals surface area contributed by atoms with Crippen molar-refractivity contribution in [3.63, 3.8) is 0 Å². The highest BCUT2D eigenvalue weighted by Crippen LogP contribution is 2.21. The van der Waals surface area contributed by atoms with E-state index in [9.17, 15) is 9.59 Å². The third-order valence-corrected chi connectivity index (χ3v) is 2.43. The van der Waals surface area contributed by atoms with Crippen LogP contribution in [-0.2, 0) is 9.53 Å². The molecule has 88 valence electrons. The van der Waals surface area contributed by atoms with Gasteiger partial charge >= 0.3 is 5.97 Å². The molecule has 0 saturated heterocycles. The third kappa shape index (κ3) is 2.18. The number of esters is 1. The summed E-state index contributed by atoms with van der Waals surface area (Å²) in [5.74, 6) is -0.524. The number of hydrogen-bond acceptors (Lipinski definition) is 4. The highest BCUT2D eigenvalue weighted by molar-refractivity contribution is 6.12. The number of anilines is 1. The molecule has 0 spiro atoms. The third-order valence-electron chi connectivity index (χ3n) is 2.43. The Bertz CT molecular complexity index is 508. The van der Waals surface area contributed by atoms with Gasteiger partial charge in [-0.1, -0.05) is 6.07 Å². The molecule has 1 aliphatic heterocycles. The molecule has 0 atom stereocenters. The Labute approximate surface area is 98.7 Å². The number of nitrogens with zero attached hydrogens (tertiary/aromatic N) is 2. The first-order valence-electron chi connectivity index (χ1n) is 5.17. The summed E-state index contributed by atoms with van der Waals surface area (Å²) >= 11 is 0. The van der Waals surface area contributed by atoms with Crippen LogP contribution in [-0.4, -0.2) is 24.7 Å². The maximum Gasteiger partial charge on any atom is 0.337 e. The number of benzene rings is 1. The van der Waals surface area contributed by atoms with Gasteiger partial charge in [0.1, 0.15) is 0 Å². The lowest BCUT2D eigenvalue weighted by molar-refractivity contribution is -0.116. The van der Waals surface area contributed by atoms with Crippen LogP contribution in [0, 0.1) is 0 Å². The normalized spacial score (nSPS) is 14.8. The molecule has 1 aliphatic rings. The summed E-state index contributed by atoms with van der Waals surface area (Å²) in [4.78, 5) is 23.0. The van der Waals surface area contributed by atoms with E-state index in [1.165, 1.54) is 12.1 Å². The lowest BCUT2D eigenvalue weighted by Crippen LogP contribution is -2.19. The van der Waals surface area contributed by atoms with Gasteiger partial charge < -0.3 is 4.74 Å². The van der Waals surface area contributed by atoms with Gasteiger partial charge in [-0.2, -0.15) is 5.10 Å². The van der Waals surface area contributed by atoms with Crippen molar-refractivity contribution in [2.75, 3.05) is 12.1 Å². The number of methoxy groups -OCH3 is 1. The molecule has 17 heavy (non-hydrogen) atoms. The number of hydrogen-bond donors (Lipinski definition) is 0. The second-order valence-electron chi connectivity index (χ2n) is 3.76. The first kappa shape index (κ1) is 11.3. The van der Waals surface area contributed by atoms with Crippen LogP contribution in [0.3, 0.4) is 0 Å². The van der Waals surface area contributed by atoms with E-state index < -0.39 is 5.97 Å². The Balaban J connectivity index is 2.34. The predicted molar refractivity (Wildman–Crippen MR) is 63.0 cm³/mol. The van der Waals surface area contributed by atoms with Gasteiger partial charge in [-0.05, 0) is 25.1 Å². The van der Waals surface area contributed by atoms with Crippen molar-refractivity contribution in [3.05, 3.63) is 29.8 Å². The van der Waals surface area contributed by atoms with Crippen molar-refractivity contribution in [1.82, 2.24) is 0 Å². The van der Waals surface area contributed by atoms with Gasteiger partial charge in [0.2, 0.25) is 0 Å². The number of carbonyl (C=O) groups excluding carboxylic acids is 2. The summed E-state index contributed by atoms with van der Waals surface area (Å²) in [6.07, 6.45) is 0.322. The SMILES string of the molecule is COC(=O)c1cccc(N2N=C(C)CC2=O)c1. The second-order valence-corrected chi connectivity index (χ2v) is 3.76. The van der Waals surface area contributed by atoms with E-state index in [2.05, 4.69) is 9.84 Å². The summed E-state index contributed by atoms with van der Waals surface area (Å²) in [6, 6.07) is 6.64. The van der Waals surface area contributed by atoms with Crippen molar-refractivity contribution in [1.29, 1.82) is 0 Å². The molecule has 0 N–H and O–H groups in total. The number of ether oxygens (including phenoxy) is 1. The largest absolute Gasteiger partial charge is 0.465 e. The number of carbonyl (C=O) groups is 2. The molecule has 5 heteroatoms. The van der Waals surface area contributed by atoms with Crippen LogP contribution in [0.4, 0.5) is 5.69 Å². The molecule has 2 rings (SSSR count). The van der Waals surface area contributed by atoms with Gasteiger partial charge in [-0.25, -0.2) is 9.80 Å². The molecule has 0 saturated carbocycles. The quantitative estimate of drug-likeness (QED) is 0.727. The van der Waals surface area contributed by atoms with Crippen LogP contribution in [0.25, 0.3) is 0 Å². The molecule has 1 aromatic rings. The minimum atomic E-state index is -0.431. The van der Waals surface area contributed by atoms with Crippen LogP contribution in [0.5, 0.6) is 0 Å². The van der Waals surface area contributed by atoms with Gasteiger partial charge in [0, 0.05) is 5.71 Å². The fourth-order valence-electron chi connectivity index (χ4n) is 1.64. The van der Waals surface area contributed by atoms with Crippen LogP contribution >= 0.6 is 0 Å². The summed E-state index contributed by atoms with van der Waals surface area (Å²) < 4.78 is 4.62. The number of amides is 1. The van der Waals surface area contributed by atoms with Gasteiger partial charge in [-0.3, -0.25) is 4.79 Å². The first-order valence-corrected chi connectivity index (χ1v) is 5.17. The molecule has 0 aromatic heterocycles. The average molecular weight is 232 g/mol. The van der Waals surface area contributed by atoms with Crippen molar-refractivity contribution >= 4 is 23.3 Å². The van der Waals surface area contributed by atoms with Crippen molar-refractivity contribution in [2.24, 2.45) is 5.10 Å². The Morgan fingerprint density at radius 3 is 2.82 bits per heavy atom. The lowest BCUT2D eigenvalue weighted by atomic mass is 10.2. The molecular weight excluding hydrogens is 220 g/mol. The van der Waals surface area contributed by atoms with E-state index >= 15 is 0 Å². The Morgan fingerprint density at radius 2 is 2.24 bits per heavy atom. The Hall–Kier alpha value is -2.17. The molecule has 5 nitrogen and oxygen atoms in total. The Kier molecular flexibility index (Phi) is 2.91. The Morgan fingerprint density at radius 1 is 1.47 bits per heavy atom. The van der Waals surface area contributed by atoms with Crippen molar-refractivity contribution in [3.8, 4) is 0 Å². The molecule has 0 aliphatic carbocycles. The van der Waals surface area contributed by atoms with Gasteiger partial charge in [0.15, 0.2) is 0 Å². The molecular formula is C12H12N2O3. The molecule has 1 amide bonds. The fraction of sp³-hybridized carbons (Fsp3) is 0.250. The van der Waals surface area contributed by atoms with E-state index in [0.29, 0.717) is 17.7 Å². The zero-order valence-corrected chi connectivity index (χ0v) is 9.64. The van der Waals surface area contributed by atoms with E-state index in [1.807, 2.05) is 0 Å². The van der Waals surface area contributed by atoms with E-state index in [0.717, 1.165) is 5.71 Å². The van der Waals surface area contributed by atoms with Crippen LogP contribution in [0.1, 0.15) is 23.7 Å². The lowest BCUT2D eigenvalue weighted by Gasteiger charge is -2.12. The monoisotopic (exact) mass is 232 g/mol. The van der Waals surface area contributed by atoms with E-state index in [4.69, 9.17) is 0 Å². The molecule has 0 unspecified atom stereocenters. The van der Waals surface area contributed by atoms with Gasteiger partial charge in [0.05, 0.1) is 24.8 Å². The second kappa shape index (κ2) is 4.37. The molecule has 0 radical (unpaired) electrons. The highest BCUT2D eigenvalue weighted by Gasteiger charge is 2.23. The van der Waals surface area contributed by atoms with Gasteiger partial charge in [-0.15, -0.1) is 0 Å². The van der Waals surface area contributed by atoms with Crippen LogP contribution in [0.15, 0.2) is 29.4 Å². The zero-order chi connectivity index (χ0) is 12.4. The van der Waals surface area contributed by atoms with E-state index in [1.54, 1.807) is 31.2 Å². The minimum Gasteiger partial charge on any atom is -0.465 e. The molecule has 1 heterocycles. The standard InChI is InChI=1S/C12H12N2O3/c1-8-6-11(15)14(13-8)10-5-3-4-9(7-10)12(16)17-2/h3-5,7H,6H2,1-2H3. The van der Waals surface area contributed by atoms with Crippen LogP contribution in [0.2, 0.25) is 0 Å². The smallest absolute Gasteiger partial charge is 0.337 e. The van der Waals surface area contributed by atoms with Crippen molar-refractivity contribution in [2.45, 2.75) is 13.3 Å². The average Bonchev–Trinajstić information content (AvgIpc) is 2.67. The zero-order valence-electron chi connectivity index (χ0n) is 9.64. The topological polar surface area (TPSA) is 59.0 Å². The fourth-order valence-corrected chi connectivity index (χ4v) is 1.64. The minimum absolute atomic E-state index is 0.0930. The number of hydrazone groups is 1. The summed E-state index contributed by atoms with van der Waals surface area (Å²) in [5, 5.41) is 5.42. The predicted octanol–water partition coefficient (Wildman–Crippen LogP) is 1.59. The summed E-state index contributed by atoms with van der Waals surface area (Å²) in [6.45, 7) is 1.79. The molecule has 0 bridgehead atoms. The maximum atomic E-state index is 11.6. The van der Waals surface area contributed by atoms with Crippen LogP contribution < -0.4 is 5.01 Å². The van der Waals surface area contributed by atoms with E-state index in [-0.39, 0.29) is 5.91 Å².